The van der Waals surface area contributed by atoms with Gasteiger partial charge in [0.15, 0.2) is 0 Å². The normalized spacial score (nSPS) is 25.4. The van der Waals surface area contributed by atoms with E-state index in [1.54, 1.807) is 0 Å². The van der Waals surface area contributed by atoms with Crippen molar-refractivity contribution in [3.05, 3.63) is 0 Å². The maximum absolute atomic E-state index is 11.8. The fourth-order valence-electron chi connectivity index (χ4n) is 1.94. The first-order chi connectivity index (χ1) is 7.47. The molecular formula is C12H24N2O2. The van der Waals surface area contributed by atoms with Crippen molar-refractivity contribution < 1.29 is 9.53 Å². The lowest BCUT2D eigenvalue weighted by Gasteiger charge is -2.22. The van der Waals surface area contributed by atoms with Crippen LogP contribution in [0.25, 0.3) is 0 Å². The van der Waals surface area contributed by atoms with Crippen molar-refractivity contribution in [3.8, 4) is 0 Å². The highest BCUT2D eigenvalue weighted by atomic mass is 16.5. The highest BCUT2D eigenvalue weighted by Crippen LogP contribution is 2.28. The zero-order valence-corrected chi connectivity index (χ0v) is 10.7. The zero-order chi connectivity index (χ0) is 12.2. The van der Waals surface area contributed by atoms with Gasteiger partial charge in [0.25, 0.3) is 0 Å². The summed E-state index contributed by atoms with van der Waals surface area (Å²) in [4.78, 5) is 13.7. The second kappa shape index (κ2) is 5.64. The Morgan fingerprint density at radius 3 is 2.75 bits per heavy atom. The van der Waals surface area contributed by atoms with Gasteiger partial charge in [-0.1, -0.05) is 6.92 Å². The molecule has 4 nitrogen and oxygen atoms in total. The molecule has 1 aliphatic heterocycles. The SMILES string of the molecule is CC(C)OCCC(=O)N1CCC(C)(CN)C1. The van der Waals surface area contributed by atoms with Crippen LogP contribution in [-0.4, -0.2) is 43.2 Å². The Bertz CT molecular complexity index is 243. The monoisotopic (exact) mass is 228 g/mol. The van der Waals surface area contributed by atoms with Gasteiger partial charge in [0.2, 0.25) is 5.91 Å². The van der Waals surface area contributed by atoms with Gasteiger partial charge in [-0.2, -0.15) is 0 Å². The maximum Gasteiger partial charge on any atom is 0.224 e. The molecular weight excluding hydrogens is 204 g/mol. The summed E-state index contributed by atoms with van der Waals surface area (Å²) >= 11 is 0. The largest absolute Gasteiger partial charge is 0.378 e. The first-order valence-corrected chi connectivity index (χ1v) is 6.06. The van der Waals surface area contributed by atoms with E-state index < -0.39 is 0 Å². The predicted octanol–water partition coefficient (Wildman–Crippen LogP) is 0.999. The maximum atomic E-state index is 11.8. The molecule has 1 atom stereocenters. The van der Waals surface area contributed by atoms with Gasteiger partial charge in [0.05, 0.1) is 19.1 Å². The Labute approximate surface area is 98.1 Å². The first kappa shape index (κ1) is 13.5. The molecule has 0 bridgehead atoms. The van der Waals surface area contributed by atoms with E-state index in [1.807, 2.05) is 18.7 Å². The summed E-state index contributed by atoms with van der Waals surface area (Å²) in [7, 11) is 0. The Kier molecular flexibility index (Phi) is 4.74. The summed E-state index contributed by atoms with van der Waals surface area (Å²) in [5.41, 5.74) is 5.83. The molecule has 1 unspecified atom stereocenters. The lowest BCUT2D eigenvalue weighted by atomic mass is 9.90. The van der Waals surface area contributed by atoms with Crippen LogP contribution in [0.5, 0.6) is 0 Å². The van der Waals surface area contributed by atoms with E-state index in [0.29, 0.717) is 19.6 Å². The minimum atomic E-state index is 0.120. The van der Waals surface area contributed by atoms with Crippen LogP contribution in [0.2, 0.25) is 0 Å². The third-order valence-electron chi connectivity index (χ3n) is 3.17. The molecule has 1 rings (SSSR count). The van der Waals surface area contributed by atoms with E-state index in [4.69, 9.17) is 10.5 Å². The van der Waals surface area contributed by atoms with Crippen LogP contribution in [0.3, 0.4) is 0 Å². The molecule has 0 saturated carbocycles. The molecule has 94 valence electrons. The number of likely N-dealkylation sites (tertiary alicyclic amines) is 1. The van der Waals surface area contributed by atoms with Crippen molar-refractivity contribution in [3.63, 3.8) is 0 Å². The molecule has 0 spiro atoms. The molecule has 0 aromatic carbocycles. The molecule has 0 aromatic rings. The fraction of sp³-hybridized carbons (Fsp3) is 0.917. The second-order valence-corrected chi connectivity index (χ2v) is 5.25. The highest BCUT2D eigenvalue weighted by Gasteiger charge is 2.34. The van der Waals surface area contributed by atoms with Crippen molar-refractivity contribution in [2.45, 2.75) is 39.7 Å². The van der Waals surface area contributed by atoms with E-state index in [1.165, 1.54) is 0 Å². The van der Waals surface area contributed by atoms with Crippen molar-refractivity contribution in [1.82, 2.24) is 4.90 Å². The molecule has 4 heteroatoms. The summed E-state index contributed by atoms with van der Waals surface area (Å²) in [6.07, 6.45) is 1.69. The highest BCUT2D eigenvalue weighted by molar-refractivity contribution is 5.76. The Morgan fingerprint density at radius 1 is 1.56 bits per heavy atom. The van der Waals surface area contributed by atoms with Gasteiger partial charge >= 0.3 is 0 Å². The topological polar surface area (TPSA) is 55.6 Å². The zero-order valence-electron chi connectivity index (χ0n) is 10.7. The van der Waals surface area contributed by atoms with Gasteiger partial charge in [0.1, 0.15) is 0 Å². The minimum Gasteiger partial charge on any atom is -0.378 e. The number of nitrogens with zero attached hydrogens (tertiary/aromatic N) is 1. The molecule has 2 N–H and O–H groups in total. The van der Waals surface area contributed by atoms with Crippen LogP contribution < -0.4 is 5.73 Å². The third-order valence-corrected chi connectivity index (χ3v) is 3.17. The van der Waals surface area contributed by atoms with Gasteiger partial charge < -0.3 is 15.4 Å². The lowest BCUT2D eigenvalue weighted by molar-refractivity contribution is -0.131. The number of amides is 1. The Balaban J connectivity index is 2.28. The molecule has 1 saturated heterocycles. The summed E-state index contributed by atoms with van der Waals surface area (Å²) in [5.74, 6) is 0.192. The van der Waals surface area contributed by atoms with E-state index in [2.05, 4.69) is 6.92 Å². The molecule has 1 amide bonds. The van der Waals surface area contributed by atoms with Crippen molar-refractivity contribution in [1.29, 1.82) is 0 Å². The Morgan fingerprint density at radius 2 is 2.25 bits per heavy atom. The van der Waals surface area contributed by atoms with Gasteiger partial charge in [-0.05, 0) is 32.2 Å². The van der Waals surface area contributed by atoms with Gasteiger partial charge in [-0.3, -0.25) is 4.79 Å². The molecule has 1 heterocycles. The number of nitrogens with two attached hydrogens (primary N) is 1. The molecule has 16 heavy (non-hydrogen) atoms. The number of hydrogen-bond donors (Lipinski definition) is 1. The number of carbonyl (C=O) groups is 1. The summed E-state index contributed by atoms with van der Waals surface area (Å²) in [6, 6.07) is 0. The van der Waals surface area contributed by atoms with E-state index in [0.717, 1.165) is 19.5 Å². The standard InChI is InChI=1S/C12H24N2O2/c1-10(2)16-7-4-11(15)14-6-5-12(3,8-13)9-14/h10H,4-9,13H2,1-3H3. The molecule has 0 radical (unpaired) electrons. The van der Waals surface area contributed by atoms with Gasteiger partial charge in [-0.25, -0.2) is 0 Å². The smallest absolute Gasteiger partial charge is 0.224 e. The van der Waals surface area contributed by atoms with Crippen LogP contribution in [0.15, 0.2) is 0 Å². The number of ether oxygens (including phenoxy) is 1. The number of rotatable bonds is 5. The number of hydrogen-bond acceptors (Lipinski definition) is 3. The van der Waals surface area contributed by atoms with Crippen LogP contribution >= 0.6 is 0 Å². The van der Waals surface area contributed by atoms with Crippen LogP contribution in [0.4, 0.5) is 0 Å². The van der Waals surface area contributed by atoms with Crippen LogP contribution in [0, 0.1) is 5.41 Å². The third kappa shape index (κ3) is 3.76. The van der Waals surface area contributed by atoms with Gasteiger partial charge in [-0.15, -0.1) is 0 Å². The summed E-state index contributed by atoms with van der Waals surface area (Å²) < 4.78 is 5.38. The van der Waals surface area contributed by atoms with Crippen LogP contribution in [-0.2, 0) is 9.53 Å². The average Bonchev–Trinajstić information content (AvgIpc) is 2.61. The number of carbonyl (C=O) groups excluding carboxylic acids is 1. The summed E-state index contributed by atoms with van der Waals surface area (Å²) in [6.45, 7) is 8.91. The van der Waals surface area contributed by atoms with E-state index >= 15 is 0 Å². The average molecular weight is 228 g/mol. The second-order valence-electron chi connectivity index (χ2n) is 5.25. The lowest BCUT2D eigenvalue weighted by Crippen LogP contribution is -2.34. The van der Waals surface area contributed by atoms with Crippen LogP contribution in [0.1, 0.15) is 33.6 Å². The van der Waals surface area contributed by atoms with E-state index in [9.17, 15) is 4.79 Å². The Hall–Kier alpha value is -0.610. The van der Waals surface area contributed by atoms with E-state index in [-0.39, 0.29) is 17.4 Å². The summed E-state index contributed by atoms with van der Waals surface area (Å²) in [5, 5.41) is 0. The van der Waals surface area contributed by atoms with Crippen molar-refractivity contribution in [2.24, 2.45) is 11.1 Å². The first-order valence-electron chi connectivity index (χ1n) is 6.06. The minimum absolute atomic E-state index is 0.120. The quantitative estimate of drug-likeness (QED) is 0.763. The molecule has 0 aromatic heterocycles. The molecule has 1 fully saturated rings. The molecule has 1 aliphatic rings. The molecule has 0 aliphatic carbocycles. The van der Waals surface area contributed by atoms with Gasteiger partial charge in [0, 0.05) is 13.1 Å². The van der Waals surface area contributed by atoms with Crippen molar-refractivity contribution in [2.75, 3.05) is 26.2 Å². The predicted molar refractivity (Wildman–Crippen MR) is 64.1 cm³/mol. The van der Waals surface area contributed by atoms with Crippen molar-refractivity contribution >= 4 is 5.91 Å². The fourth-order valence-corrected chi connectivity index (χ4v) is 1.94.